The van der Waals surface area contributed by atoms with Crippen molar-refractivity contribution in [2.75, 3.05) is 24.3 Å². The smallest absolute Gasteiger partial charge is 0.410 e. The molecule has 1 saturated heterocycles. The quantitative estimate of drug-likeness (QED) is 0.369. The Morgan fingerprint density at radius 3 is 2.63 bits per heavy atom. The summed E-state index contributed by atoms with van der Waals surface area (Å²) < 4.78 is 10.5. The Labute approximate surface area is 211 Å². The van der Waals surface area contributed by atoms with Crippen LogP contribution in [0, 0.1) is 0 Å². The third kappa shape index (κ3) is 5.15. The molecule has 35 heavy (non-hydrogen) atoms. The van der Waals surface area contributed by atoms with Gasteiger partial charge in [0.15, 0.2) is 0 Å². The number of thioether (sulfide) groups is 1. The monoisotopic (exact) mass is 517 g/mol. The van der Waals surface area contributed by atoms with E-state index in [1.54, 1.807) is 43.9 Å². The van der Waals surface area contributed by atoms with E-state index in [-0.39, 0.29) is 29.4 Å². The Bertz CT molecular complexity index is 1200. The molecule has 2 N–H and O–H groups in total. The third-order valence-corrected chi connectivity index (χ3v) is 7.91. The van der Waals surface area contributed by atoms with Crippen LogP contribution in [0.1, 0.15) is 48.0 Å². The largest absolute Gasteiger partial charge is 0.465 e. The van der Waals surface area contributed by atoms with Crippen molar-refractivity contribution >= 4 is 57.7 Å². The molecular formula is C24H27N3O6S2. The maximum atomic E-state index is 13.3. The van der Waals surface area contributed by atoms with Gasteiger partial charge in [-0.25, -0.2) is 14.5 Å². The maximum absolute atomic E-state index is 13.3. The van der Waals surface area contributed by atoms with Crippen LogP contribution < -0.4 is 10.6 Å². The molecule has 0 saturated carbocycles. The van der Waals surface area contributed by atoms with Crippen LogP contribution >= 0.6 is 23.1 Å². The van der Waals surface area contributed by atoms with Crippen LogP contribution in [0.4, 0.5) is 15.5 Å². The number of ether oxygens (including phenoxy) is 2. The first-order valence-electron chi connectivity index (χ1n) is 11.1. The van der Waals surface area contributed by atoms with Crippen molar-refractivity contribution < 1.29 is 28.7 Å². The molecule has 9 nitrogen and oxygen atoms in total. The molecule has 1 aromatic carbocycles. The zero-order valence-corrected chi connectivity index (χ0v) is 21.6. The third-order valence-electron chi connectivity index (χ3n) is 5.52. The molecule has 1 aromatic heterocycles. The minimum Gasteiger partial charge on any atom is -0.465 e. The molecule has 1 unspecified atom stereocenters. The zero-order valence-electron chi connectivity index (χ0n) is 20.0. The Morgan fingerprint density at radius 1 is 1.23 bits per heavy atom. The van der Waals surface area contributed by atoms with E-state index in [1.165, 1.54) is 30.2 Å². The predicted octanol–water partition coefficient (Wildman–Crippen LogP) is 3.83. The van der Waals surface area contributed by atoms with Crippen LogP contribution in [0.3, 0.4) is 0 Å². The summed E-state index contributed by atoms with van der Waals surface area (Å²) in [5, 5.41) is -0.384. The minimum absolute atomic E-state index is 0.00547. The summed E-state index contributed by atoms with van der Waals surface area (Å²) in [6, 6.07) is 7.11. The second kappa shape index (κ2) is 9.54. The van der Waals surface area contributed by atoms with Crippen LogP contribution in [-0.4, -0.2) is 53.3 Å². The highest BCUT2D eigenvalue weighted by molar-refractivity contribution is 8.00. The highest BCUT2D eigenvalue weighted by Gasteiger charge is 2.44. The number of rotatable bonds is 4. The van der Waals surface area contributed by atoms with E-state index in [0.717, 1.165) is 14.7 Å². The number of carbonyl (C=O) groups is 4. The fourth-order valence-electron chi connectivity index (χ4n) is 4.00. The van der Waals surface area contributed by atoms with Gasteiger partial charge >= 0.3 is 12.1 Å². The lowest BCUT2D eigenvalue weighted by Gasteiger charge is -2.30. The van der Waals surface area contributed by atoms with Crippen LogP contribution in [0.2, 0.25) is 0 Å². The van der Waals surface area contributed by atoms with E-state index < -0.39 is 28.8 Å². The number of hydrogen-bond donors (Lipinski definition) is 1. The van der Waals surface area contributed by atoms with Gasteiger partial charge in [-0.1, -0.05) is 6.07 Å². The lowest BCUT2D eigenvalue weighted by molar-refractivity contribution is -0.121. The van der Waals surface area contributed by atoms with Crippen LogP contribution in [-0.2, 0) is 32.0 Å². The van der Waals surface area contributed by atoms with Gasteiger partial charge < -0.3 is 20.1 Å². The van der Waals surface area contributed by atoms with Crippen LogP contribution in [0.25, 0.3) is 0 Å². The number of methoxy groups -OCH3 is 1. The number of anilines is 2. The van der Waals surface area contributed by atoms with E-state index in [0.29, 0.717) is 24.2 Å². The fraction of sp³-hybridized carbons (Fsp3) is 0.417. The fourth-order valence-corrected chi connectivity index (χ4v) is 6.50. The number of amides is 3. The number of esters is 1. The Hall–Kier alpha value is -3.05. The molecule has 0 spiro atoms. The molecule has 0 bridgehead atoms. The summed E-state index contributed by atoms with van der Waals surface area (Å²) >= 11 is 2.43. The first kappa shape index (κ1) is 25.1. The lowest BCUT2D eigenvalue weighted by Crippen LogP contribution is -2.39. The van der Waals surface area contributed by atoms with Gasteiger partial charge in [-0.05, 0) is 51.0 Å². The van der Waals surface area contributed by atoms with Gasteiger partial charge in [0.2, 0.25) is 11.8 Å². The highest BCUT2D eigenvalue weighted by atomic mass is 32.2. The van der Waals surface area contributed by atoms with Crippen LogP contribution in [0.5, 0.6) is 0 Å². The number of carbonyl (C=O) groups excluding carboxylic acids is 4. The summed E-state index contributed by atoms with van der Waals surface area (Å²) in [5.74, 6) is -1.39. The van der Waals surface area contributed by atoms with E-state index in [1.807, 2.05) is 6.07 Å². The number of benzene rings is 1. The van der Waals surface area contributed by atoms with Crippen molar-refractivity contribution in [2.45, 2.75) is 55.9 Å². The second-order valence-electron chi connectivity index (χ2n) is 9.28. The molecule has 2 aromatic rings. The first-order valence-corrected chi connectivity index (χ1v) is 12.8. The number of hydrogen-bond acceptors (Lipinski definition) is 9. The van der Waals surface area contributed by atoms with Gasteiger partial charge in [-0.2, -0.15) is 0 Å². The number of nitrogens with two attached hydrogens (primary N) is 1. The van der Waals surface area contributed by atoms with Gasteiger partial charge in [0.05, 0.1) is 24.5 Å². The molecule has 1 fully saturated rings. The Kier molecular flexibility index (Phi) is 6.83. The minimum atomic E-state index is -0.639. The number of nitrogens with zero attached hydrogens (tertiary/aromatic N) is 2. The van der Waals surface area contributed by atoms with Crippen molar-refractivity contribution in [3.8, 4) is 0 Å². The molecule has 2 aliphatic heterocycles. The molecule has 186 valence electrons. The molecule has 2 aliphatic rings. The molecular weight excluding hydrogens is 490 g/mol. The summed E-state index contributed by atoms with van der Waals surface area (Å²) in [5.41, 5.74) is 6.68. The number of imide groups is 1. The normalized spacial score (nSPS) is 18.0. The average Bonchev–Trinajstić information content (AvgIpc) is 3.27. The highest BCUT2D eigenvalue weighted by Crippen LogP contribution is 2.43. The molecule has 1 atom stereocenters. The topological polar surface area (TPSA) is 119 Å². The summed E-state index contributed by atoms with van der Waals surface area (Å²) in [7, 11) is 1.26. The summed E-state index contributed by atoms with van der Waals surface area (Å²) in [4.78, 5) is 55.8. The molecule has 0 radical (unpaired) electrons. The number of fused-ring (bicyclic) bond motifs is 1. The van der Waals surface area contributed by atoms with Crippen molar-refractivity contribution in [3.63, 3.8) is 0 Å². The van der Waals surface area contributed by atoms with E-state index in [2.05, 4.69) is 0 Å². The Morgan fingerprint density at radius 2 is 1.97 bits per heavy atom. The van der Waals surface area contributed by atoms with E-state index in [9.17, 15) is 19.2 Å². The maximum Gasteiger partial charge on any atom is 0.410 e. The van der Waals surface area contributed by atoms with E-state index >= 15 is 0 Å². The van der Waals surface area contributed by atoms with Gasteiger partial charge in [-0.15, -0.1) is 23.1 Å². The first-order chi connectivity index (χ1) is 16.5. The van der Waals surface area contributed by atoms with Crippen molar-refractivity contribution in [1.82, 2.24) is 4.90 Å². The van der Waals surface area contributed by atoms with Gasteiger partial charge in [-0.3, -0.25) is 9.59 Å². The summed E-state index contributed by atoms with van der Waals surface area (Å²) in [6.45, 7) is 5.94. The number of thiophene rings is 1. The number of nitrogen functional groups attached to an aromatic ring is 1. The van der Waals surface area contributed by atoms with Gasteiger partial charge in [0.25, 0.3) is 0 Å². The standard InChI is InChI=1S/C24H27N3O6S2/c1-24(2,3)33-23(31)26-9-8-15-17(12-26)35-21(19(15)22(30)32-4)27-18(28)11-16(20(27)29)34-14-7-5-6-13(25)10-14/h5-7,10,16H,8-9,11-12,25H2,1-4H3. The second-order valence-corrected chi connectivity index (χ2v) is 11.6. The Balaban J connectivity index is 1.63. The molecule has 4 rings (SSSR count). The van der Waals surface area contributed by atoms with Gasteiger partial charge in [0.1, 0.15) is 10.6 Å². The molecule has 3 heterocycles. The predicted molar refractivity (Wildman–Crippen MR) is 134 cm³/mol. The molecule has 11 heteroatoms. The van der Waals surface area contributed by atoms with Crippen molar-refractivity contribution in [1.29, 1.82) is 0 Å². The SMILES string of the molecule is COC(=O)c1c(N2C(=O)CC(Sc3cccc(N)c3)C2=O)sc2c1CCN(C(=O)OC(C)(C)C)C2. The molecule has 0 aliphatic carbocycles. The zero-order chi connectivity index (χ0) is 25.5. The van der Waals surface area contributed by atoms with Crippen molar-refractivity contribution in [2.24, 2.45) is 0 Å². The van der Waals surface area contributed by atoms with E-state index in [4.69, 9.17) is 15.2 Å². The van der Waals surface area contributed by atoms with Crippen molar-refractivity contribution in [3.05, 3.63) is 40.3 Å². The average molecular weight is 518 g/mol. The van der Waals surface area contributed by atoms with Gasteiger partial charge in [0, 0.05) is 28.4 Å². The summed E-state index contributed by atoms with van der Waals surface area (Å²) in [6.07, 6.45) is -0.0664. The molecule has 3 amide bonds. The lowest BCUT2D eigenvalue weighted by atomic mass is 10.0. The van der Waals surface area contributed by atoms with Crippen LogP contribution in [0.15, 0.2) is 29.2 Å².